The zero-order chi connectivity index (χ0) is 16.2. The molecule has 23 heavy (non-hydrogen) atoms. The lowest BCUT2D eigenvalue weighted by Gasteiger charge is -2.15. The number of anilines is 1. The first kappa shape index (κ1) is 15.9. The summed E-state index contributed by atoms with van der Waals surface area (Å²) in [5.41, 5.74) is 0.850. The molecule has 0 aliphatic carbocycles. The van der Waals surface area contributed by atoms with Gasteiger partial charge in [-0.05, 0) is 22.9 Å². The number of hydrogen-bond acceptors (Lipinski definition) is 6. The van der Waals surface area contributed by atoms with Crippen molar-refractivity contribution in [1.29, 1.82) is 0 Å². The fourth-order valence-electron chi connectivity index (χ4n) is 1.90. The van der Waals surface area contributed by atoms with Crippen molar-refractivity contribution in [2.45, 2.75) is 0 Å². The molecule has 2 amide bonds. The maximum absolute atomic E-state index is 12.1. The average molecular weight is 363 g/mol. The van der Waals surface area contributed by atoms with Gasteiger partial charge in [0.05, 0.1) is 22.0 Å². The van der Waals surface area contributed by atoms with Crippen LogP contribution in [0.5, 0.6) is 0 Å². The molecule has 3 aromatic heterocycles. The van der Waals surface area contributed by atoms with Crippen molar-refractivity contribution in [3.8, 4) is 10.6 Å². The zero-order valence-electron chi connectivity index (χ0n) is 12.2. The number of rotatable bonds is 5. The molecule has 3 aromatic rings. The Hall–Kier alpha value is -2.03. The molecule has 0 atom stereocenters. The Morgan fingerprint density at radius 2 is 1.96 bits per heavy atom. The Labute approximate surface area is 145 Å². The van der Waals surface area contributed by atoms with Crippen LogP contribution in [-0.2, 0) is 4.79 Å². The largest absolute Gasteiger partial charge is 0.332 e. The minimum atomic E-state index is -0.260. The van der Waals surface area contributed by atoms with Crippen LogP contribution >= 0.6 is 34.0 Å². The summed E-state index contributed by atoms with van der Waals surface area (Å²) >= 11 is 4.33. The molecule has 1 N–H and O–H groups in total. The lowest BCUT2D eigenvalue weighted by molar-refractivity contribution is -0.116. The fraction of sp³-hybridized carbons (Fsp3) is 0.133. The summed E-state index contributed by atoms with van der Waals surface area (Å²) in [6.07, 6.45) is 0. The molecule has 0 radical (unpaired) electrons. The molecule has 8 heteroatoms. The van der Waals surface area contributed by atoms with E-state index in [1.165, 1.54) is 27.6 Å². The van der Waals surface area contributed by atoms with Gasteiger partial charge >= 0.3 is 0 Å². The van der Waals surface area contributed by atoms with E-state index in [1.54, 1.807) is 24.5 Å². The van der Waals surface area contributed by atoms with Gasteiger partial charge in [0.15, 0.2) is 5.13 Å². The quantitative estimate of drug-likeness (QED) is 0.753. The summed E-state index contributed by atoms with van der Waals surface area (Å²) in [6.45, 7) is -0.00928. The summed E-state index contributed by atoms with van der Waals surface area (Å²) in [5, 5.41) is 9.00. The van der Waals surface area contributed by atoms with Crippen LogP contribution in [0.1, 0.15) is 9.67 Å². The van der Waals surface area contributed by atoms with E-state index in [2.05, 4.69) is 10.3 Å². The van der Waals surface area contributed by atoms with Gasteiger partial charge in [-0.15, -0.1) is 34.0 Å². The number of thiazole rings is 1. The number of nitrogens with one attached hydrogen (secondary N) is 1. The Kier molecular flexibility index (Phi) is 4.85. The van der Waals surface area contributed by atoms with Gasteiger partial charge in [-0.3, -0.25) is 9.59 Å². The third-order valence-electron chi connectivity index (χ3n) is 2.98. The van der Waals surface area contributed by atoms with Crippen molar-refractivity contribution in [3.05, 3.63) is 45.3 Å². The van der Waals surface area contributed by atoms with Crippen molar-refractivity contribution in [2.75, 3.05) is 18.9 Å². The van der Waals surface area contributed by atoms with E-state index in [-0.39, 0.29) is 18.4 Å². The van der Waals surface area contributed by atoms with Crippen LogP contribution in [0.25, 0.3) is 10.6 Å². The van der Waals surface area contributed by atoms with Crippen molar-refractivity contribution < 1.29 is 9.59 Å². The zero-order valence-corrected chi connectivity index (χ0v) is 14.6. The molecule has 118 valence electrons. The number of nitrogens with zero attached hydrogens (tertiary/aromatic N) is 2. The monoisotopic (exact) mass is 363 g/mol. The smallest absolute Gasteiger partial charge is 0.264 e. The number of thiophene rings is 2. The molecular formula is C15H13N3O2S3. The maximum atomic E-state index is 12.1. The lowest BCUT2D eigenvalue weighted by Crippen LogP contribution is -2.34. The van der Waals surface area contributed by atoms with E-state index in [0.717, 1.165) is 10.6 Å². The Bertz CT molecular complexity index is 794. The van der Waals surface area contributed by atoms with Crippen LogP contribution in [0.15, 0.2) is 40.4 Å². The normalized spacial score (nSPS) is 10.5. The minimum Gasteiger partial charge on any atom is -0.332 e. The van der Waals surface area contributed by atoms with Gasteiger partial charge in [0, 0.05) is 12.4 Å². The molecular weight excluding hydrogens is 350 g/mol. The van der Waals surface area contributed by atoms with Crippen molar-refractivity contribution in [1.82, 2.24) is 9.88 Å². The molecule has 0 saturated heterocycles. The Morgan fingerprint density at radius 1 is 1.17 bits per heavy atom. The van der Waals surface area contributed by atoms with Crippen LogP contribution in [-0.4, -0.2) is 35.3 Å². The standard InChI is InChI=1S/C15H13N3O2S3/c1-18(14(20)12-5-3-7-22-12)8-13(19)17-15-16-10(9-23-15)11-4-2-6-21-11/h2-7,9H,8H2,1H3,(H,16,17,19). The van der Waals surface area contributed by atoms with E-state index in [9.17, 15) is 9.59 Å². The highest BCUT2D eigenvalue weighted by atomic mass is 32.1. The second kappa shape index (κ2) is 7.03. The fourth-order valence-corrected chi connectivity index (χ4v) is 4.11. The number of carbonyl (C=O) groups is 2. The first-order valence-corrected chi connectivity index (χ1v) is 9.35. The van der Waals surface area contributed by atoms with E-state index in [4.69, 9.17) is 0 Å². The van der Waals surface area contributed by atoms with Crippen LogP contribution in [0.3, 0.4) is 0 Å². The Balaban J connectivity index is 1.58. The molecule has 0 aliphatic rings. The maximum Gasteiger partial charge on any atom is 0.264 e. The van der Waals surface area contributed by atoms with Gasteiger partial charge < -0.3 is 10.2 Å². The van der Waals surface area contributed by atoms with E-state index in [1.807, 2.05) is 34.3 Å². The number of amides is 2. The highest BCUT2D eigenvalue weighted by Crippen LogP contribution is 2.28. The molecule has 0 aliphatic heterocycles. The number of aromatic nitrogens is 1. The molecule has 3 rings (SSSR count). The first-order chi connectivity index (χ1) is 11.1. The molecule has 0 aromatic carbocycles. The van der Waals surface area contributed by atoms with E-state index >= 15 is 0 Å². The predicted molar refractivity (Wildman–Crippen MR) is 95.3 cm³/mol. The molecule has 0 bridgehead atoms. The molecule has 0 unspecified atom stereocenters. The average Bonchev–Trinajstić information content (AvgIpc) is 3.27. The highest BCUT2D eigenvalue weighted by Gasteiger charge is 2.16. The predicted octanol–water partition coefficient (Wildman–Crippen LogP) is 3.64. The number of carbonyl (C=O) groups excluding carboxylic acids is 2. The molecule has 0 spiro atoms. The number of likely N-dealkylation sites (N-methyl/N-ethyl adjacent to an activating group) is 1. The SMILES string of the molecule is CN(CC(=O)Nc1nc(-c2cccs2)cs1)C(=O)c1cccs1. The van der Waals surface area contributed by atoms with Crippen LogP contribution < -0.4 is 5.32 Å². The summed E-state index contributed by atoms with van der Waals surface area (Å²) in [4.78, 5) is 31.6. The Morgan fingerprint density at radius 3 is 2.65 bits per heavy atom. The van der Waals surface area contributed by atoms with Crippen molar-refractivity contribution in [3.63, 3.8) is 0 Å². The number of hydrogen-bond donors (Lipinski definition) is 1. The van der Waals surface area contributed by atoms with Crippen LogP contribution in [0.4, 0.5) is 5.13 Å². The second-order valence-corrected chi connectivity index (χ2v) is 7.46. The molecule has 3 heterocycles. The molecule has 5 nitrogen and oxygen atoms in total. The van der Waals surface area contributed by atoms with Gasteiger partial charge in [-0.25, -0.2) is 4.98 Å². The third kappa shape index (κ3) is 3.84. The minimum absolute atomic E-state index is 0.00928. The second-order valence-electron chi connectivity index (χ2n) is 4.70. The molecule has 0 saturated carbocycles. The van der Waals surface area contributed by atoms with Crippen molar-refractivity contribution >= 4 is 51.0 Å². The highest BCUT2D eigenvalue weighted by molar-refractivity contribution is 7.16. The summed E-state index contributed by atoms with van der Waals surface area (Å²) < 4.78 is 0. The first-order valence-electron chi connectivity index (χ1n) is 6.71. The summed E-state index contributed by atoms with van der Waals surface area (Å²) in [5.74, 6) is -0.418. The van der Waals surface area contributed by atoms with Crippen LogP contribution in [0.2, 0.25) is 0 Å². The van der Waals surface area contributed by atoms with Gasteiger partial charge in [0.1, 0.15) is 0 Å². The van der Waals surface area contributed by atoms with Crippen molar-refractivity contribution in [2.24, 2.45) is 0 Å². The lowest BCUT2D eigenvalue weighted by atomic mass is 10.4. The van der Waals surface area contributed by atoms with Gasteiger partial charge in [-0.1, -0.05) is 12.1 Å². The van der Waals surface area contributed by atoms with E-state index in [0.29, 0.717) is 10.0 Å². The van der Waals surface area contributed by atoms with E-state index < -0.39 is 0 Å². The molecule has 0 fully saturated rings. The van der Waals surface area contributed by atoms with Gasteiger partial charge in [0.2, 0.25) is 5.91 Å². The third-order valence-corrected chi connectivity index (χ3v) is 5.49. The van der Waals surface area contributed by atoms with Crippen LogP contribution in [0, 0.1) is 0 Å². The summed E-state index contributed by atoms with van der Waals surface area (Å²) in [6, 6.07) is 7.50. The topological polar surface area (TPSA) is 62.3 Å². The van der Waals surface area contributed by atoms with Gasteiger partial charge in [0.25, 0.3) is 5.91 Å². The van der Waals surface area contributed by atoms with Gasteiger partial charge in [-0.2, -0.15) is 0 Å². The summed E-state index contributed by atoms with van der Waals surface area (Å²) in [7, 11) is 1.61.